The van der Waals surface area contributed by atoms with Gasteiger partial charge in [0.2, 0.25) is 0 Å². The quantitative estimate of drug-likeness (QED) is 0.0462. The maximum atomic E-state index is 10.7. The van der Waals surface area contributed by atoms with Crippen LogP contribution in [0.1, 0.15) is 84.7 Å². The van der Waals surface area contributed by atoms with Crippen LogP contribution in [0.2, 0.25) is 10.0 Å². The fourth-order valence-electron chi connectivity index (χ4n) is 8.81. The molecule has 2 saturated carbocycles. The molecule has 2 fully saturated rings. The number of benzene rings is 1. The summed E-state index contributed by atoms with van der Waals surface area (Å²) in [6, 6.07) is 31.8. The van der Waals surface area contributed by atoms with Crippen LogP contribution in [-0.4, -0.2) is 96.4 Å². The molecule has 7 aromatic rings. The smallest absolute Gasteiger partial charge is 0.306 e. The first-order valence-electron chi connectivity index (χ1n) is 26.6. The number of carboxylic acid groups (broad SMARTS) is 6. The Morgan fingerprint density at radius 3 is 0.573 bits per heavy atom. The lowest BCUT2D eigenvalue weighted by Crippen LogP contribution is -2.34. The monoisotopic (exact) mass is 1160 g/mol. The van der Waals surface area contributed by atoms with Gasteiger partial charge >= 0.3 is 35.8 Å². The van der Waals surface area contributed by atoms with E-state index in [4.69, 9.17) is 53.8 Å². The fourth-order valence-corrected chi connectivity index (χ4v) is 9.06. The van der Waals surface area contributed by atoms with Gasteiger partial charge in [0, 0.05) is 84.4 Å². The lowest BCUT2D eigenvalue weighted by atomic mass is 9.75. The number of pyridine rings is 6. The maximum absolute atomic E-state index is 10.7. The molecule has 1 aromatic carbocycles. The predicted molar refractivity (Wildman–Crippen MR) is 308 cm³/mol. The molecule has 0 saturated heterocycles. The van der Waals surface area contributed by atoms with E-state index in [0.29, 0.717) is 0 Å². The van der Waals surface area contributed by atoms with E-state index in [0.717, 1.165) is 48.6 Å². The number of aromatic nitrogens is 6. The highest BCUT2D eigenvalue weighted by atomic mass is 35.5. The summed E-state index contributed by atoms with van der Waals surface area (Å²) in [5.41, 5.74) is 8.08. The number of rotatable bonds is 17. The number of hydrogen-bond donors (Lipinski definition) is 6. The van der Waals surface area contributed by atoms with Gasteiger partial charge in [-0.15, -0.1) is 0 Å². The van der Waals surface area contributed by atoms with Crippen LogP contribution in [-0.2, 0) is 67.3 Å². The number of unbranched alkanes of at least 4 members (excludes halogenated alkanes) is 1. The van der Waals surface area contributed by atoms with Gasteiger partial charge in [-0.3, -0.25) is 58.7 Å². The van der Waals surface area contributed by atoms with E-state index < -0.39 is 71.3 Å². The van der Waals surface area contributed by atoms with Crippen LogP contribution in [0.15, 0.2) is 171 Å². The van der Waals surface area contributed by atoms with Crippen molar-refractivity contribution in [2.24, 2.45) is 35.5 Å². The molecule has 2 aliphatic rings. The van der Waals surface area contributed by atoms with Gasteiger partial charge in [0.05, 0.1) is 35.5 Å². The van der Waals surface area contributed by atoms with Crippen LogP contribution >= 0.6 is 23.2 Å². The highest BCUT2D eigenvalue weighted by Gasteiger charge is 2.40. The molecule has 6 aromatic heterocycles. The van der Waals surface area contributed by atoms with Gasteiger partial charge in [0.15, 0.2) is 0 Å². The average molecular weight is 1160 g/mol. The molecule has 0 spiro atoms. The number of aryl methyl sites for hydroxylation is 6. The zero-order valence-electron chi connectivity index (χ0n) is 45.1. The van der Waals surface area contributed by atoms with Crippen LogP contribution in [0.3, 0.4) is 0 Å². The van der Waals surface area contributed by atoms with E-state index in [1.54, 1.807) is 24.3 Å². The topological polar surface area (TPSA) is 301 Å². The van der Waals surface area contributed by atoms with Crippen molar-refractivity contribution in [3.63, 3.8) is 0 Å². The van der Waals surface area contributed by atoms with Gasteiger partial charge in [-0.2, -0.15) is 0 Å². The molecule has 0 bridgehead atoms. The van der Waals surface area contributed by atoms with Crippen molar-refractivity contribution < 1.29 is 59.4 Å². The summed E-state index contributed by atoms with van der Waals surface area (Å²) in [6.45, 7) is 0. The zero-order chi connectivity index (χ0) is 59.5. The molecule has 6 N–H and O–H groups in total. The maximum Gasteiger partial charge on any atom is 0.306 e. The number of aliphatic carboxylic acids is 6. The van der Waals surface area contributed by atoms with Crippen LogP contribution in [0.5, 0.6) is 0 Å². The van der Waals surface area contributed by atoms with Crippen molar-refractivity contribution in [1.82, 2.24) is 29.9 Å². The first-order valence-corrected chi connectivity index (χ1v) is 27.3. The Morgan fingerprint density at radius 1 is 0.280 bits per heavy atom. The van der Waals surface area contributed by atoms with Crippen molar-refractivity contribution in [1.29, 1.82) is 0 Å². The third kappa shape index (κ3) is 27.1. The Labute approximate surface area is 486 Å². The molecule has 0 atom stereocenters. The summed E-state index contributed by atoms with van der Waals surface area (Å²) in [5, 5.41) is 53.9. The molecule has 6 heterocycles. The summed E-state index contributed by atoms with van der Waals surface area (Å²) < 4.78 is 0. The number of carboxylic acids is 6. The molecule has 82 heavy (non-hydrogen) atoms. The van der Waals surface area contributed by atoms with Crippen LogP contribution < -0.4 is 0 Å². The van der Waals surface area contributed by atoms with Crippen LogP contribution in [0.25, 0.3) is 0 Å². The second-order valence-electron chi connectivity index (χ2n) is 19.4. The number of nitrogens with zero attached hydrogens (tertiary/aromatic N) is 6. The number of carbonyl (C=O) groups is 6. The van der Waals surface area contributed by atoms with Gasteiger partial charge < -0.3 is 30.6 Å². The van der Waals surface area contributed by atoms with Gasteiger partial charge in [0.1, 0.15) is 0 Å². The summed E-state index contributed by atoms with van der Waals surface area (Å²) in [4.78, 5) is 88.2. The second-order valence-corrected chi connectivity index (χ2v) is 20.3. The van der Waals surface area contributed by atoms with Crippen LogP contribution in [0.4, 0.5) is 0 Å². The van der Waals surface area contributed by atoms with E-state index >= 15 is 0 Å². The van der Waals surface area contributed by atoms with Gasteiger partial charge in [0.25, 0.3) is 0 Å². The molecule has 432 valence electrons. The summed E-state index contributed by atoms with van der Waals surface area (Å²) in [5.74, 6) is -11.9. The minimum absolute atomic E-state index is 0.0223. The van der Waals surface area contributed by atoms with E-state index in [-0.39, 0.29) is 38.5 Å². The van der Waals surface area contributed by atoms with Crippen molar-refractivity contribution in [3.05, 3.63) is 215 Å². The molecule has 2 aliphatic carbocycles. The Morgan fingerprint density at radius 2 is 0.427 bits per heavy atom. The summed E-state index contributed by atoms with van der Waals surface area (Å²) in [6.07, 6.45) is 31.3. The highest BCUT2D eigenvalue weighted by molar-refractivity contribution is 6.32. The summed E-state index contributed by atoms with van der Waals surface area (Å²) >= 11 is 11.1. The SMILES string of the molecule is Clc1ccc(Cl)cc1.O=C(O)C1CC(C(=O)O)CC(C(=O)O)C1.O=C(O)C1CC(C(=O)O)CC(C(=O)O)C1.c1cc(CCCCc2ccncc2)ccn1.c1cc(CCc2ccncc2)ccn1.c1cc(CCc2ccncc2)ccn1. The number of hydrogen-bond acceptors (Lipinski definition) is 12. The van der Waals surface area contributed by atoms with Crippen molar-refractivity contribution in [3.8, 4) is 0 Å². The lowest BCUT2D eigenvalue weighted by Gasteiger charge is -2.28. The molecule has 18 nitrogen and oxygen atoms in total. The third-order valence-electron chi connectivity index (χ3n) is 13.4. The van der Waals surface area contributed by atoms with Gasteiger partial charge in [-0.05, 0) is 220 Å². The second kappa shape index (κ2) is 37.5. The van der Waals surface area contributed by atoms with E-state index in [1.165, 1.54) is 46.2 Å². The fraction of sp³-hybridized carbons (Fsp3) is 0.323. The Balaban J connectivity index is 0.000000213. The molecular weight excluding hydrogens is 1090 g/mol. The average Bonchev–Trinajstić information content (AvgIpc) is 3.59. The molecule has 20 heteroatoms. The minimum atomic E-state index is -1.12. The molecule has 0 radical (unpaired) electrons. The molecular formula is C62H68Cl2N6O12. The Hall–Kier alpha value is -8.48. The van der Waals surface area contributed by atoms with E-state index in [2.05, 4.69) is 103 Å². The molecule has 0 aliphatic heterocycles. The van der Waals surface area contributed by atoms with Crippen molar-refractivity contribution in [2.75, 3.05) is 0 Å². The van der Waals surface area contributed by atoms with Gasteiger partial charge in [-0.25, -0.2) is 0 Å². The Bertz CT molecular complexity index is 2570. The molecule has 0 amide bonds. The van der Waals surface area contributed by atoms with Gasteiger partial charge in [-0.1, -0.05) is 23.2 Å². The Kier molecular flexibility index (Phi) is 30.2. The zero-order valence-corrected chi connectivity index (χ0v) is 46.6. The van der Waals surface area contributed by atoms with E-state index in [1.807, 2.05) is 74.4 Å². The molecule has 0 unspecified atom stereocenters. The van der Waals surface area contributed by atoms with E-state index in [9.17, 15) is 28.8 Å². The highest BCUT2D eigenvalue weighted by Crippen LogP contribution is 2.35. The van der Waals surface area contributed by atoms with Crippen LogP contribution in [0, 0.1) is 35.5 Å². The number of halogens is 2. The molecule has 9 rings (SSSR count). The first-order chi connectivity index (χ1) is 39.5. The third-order valence-corrected chi connectivity index (χ3v) is 13.9. The normalized spacial score (nSPS) is 17.6. The lowest BCUT2D eigenvalue weighted by molar-refractivity contribution is -0.156. The predicted octanol–water partition coefficient (Wildman–Crippen LogP) is 11.1. The first kappa shape index (κ1) is 66.0. The standard InChI is InChI=1S/C14H16N2.2C12H12N2.2C9H12O6.C6H4Cl2/c1(3-13-5-9-15-10-6-13)2-4-14-7-11-16-12-8-14;2*1(11-3-7-13-8-4-11)2-12-5-9-14-10-6-12;2*10-7(11)4-1-5(8(12)13)3-6(2-4)9(14)15;7-5-1-2-6(8)4-3-5/h5-12H,1-4H2;2*3-10H,1-2H2;2*4-6H,1-3H2,(H,10,11)(H,12,13)(H,14,15);1-4H. The summed E-state index contributed by atoms with van der Waals surface area (Å²) in [7, 11) is 0. The van der Waals surface area contributed by atoms with Crippen molar-refractivity contribution in [2.45, 2.75) is 89.9 Å². The minimum Gasteiger partial charge on any atom is -0.481 e. The largest absolute Gasteiger partial charge is 0.481 e. The van der Waals surface area contributed by atoms with Crippen molar-refractivity contribution >= 4 is 59.0 Å².